The monoisotopic (exact) mass is 401 g/mol. The molecule has 3 rings (SSSR count). The van der Waals surface area contributed by atoms with E-state index >= 15 is 0 Å². The van der Waals surface area contributed by atoms with Gasteiger partial charge in [-0.15, -0.1) is 0 Å². The third-order valence-electron chi connectivity index (χ3n) is 4.51. The standard InChI is InChI=1S/C21H18F3N3O2/c1-13-10-16(12-25-26-18-8-6-15(7-9-18)20(28)29)14(2)27(13)19-5-3-4-17(11-19)21(22,23)24/h3-11H,12H2,1-2H3,(H,28,29). The lowest BCUT2D eigenvalue weighted by atomic mass is 10.2. The van der Waals surface area contributed by atoms with E-state index in [4.69, 9.17) is 5.11 Å². The first-order valence-electron chi connectivity index (χ1n) is 8.73. The second-order valence-corrected chi connectivity index (χ2v) is 6.53. The van der Waals surface area contributed by atoms with Crippen LogP contribution in [0.2, 0.25) is 0 Å². The Morgan fingerprint density at radius 3 is 2.38 bits per heavy atom. The van der Waals surface area contributed by atoms with Crippen molar-refractivity contribution in [1.29, 1.82) is 0 Å². The van der Waals surface area contributed by atoms with Gasteiger partial charge in [-0.05, 0) is 67.9 Å². The van der Waals surface area contributed by atoms with Gasteiger partial charge in [0, 0.05) is 17.1 Å². The van der Waals surface area contributed by atoms with Crippen molar-refractivity contribution in [2.45, 2.75) is 26.6 Å². The molecule has 0 atom stereocenters. The highest BCUT2D eigenvalue weighted by Gasteiger charge is 2.30. The fraction of sp³-hybridized carbons (Fsp3) is 0.190. The van der Waals surface area contributed by atoms with Gasteiger partial charge in [0.05, 0.1) is 23.4 Å². The van der Waals surface area contributed by atoms with Crippen LogP contribution >= 0.6 is 0 Å². The van der Waals surface area contributed by atoms with Gasteiger partial charge < -0.3 is 9.67 Å². The smallest absolute Gasteiger partial charge is 0.416 e. The summed E-state index contributed by atoms with van der Waals surface area (Å²) in [7, 11) is 0. The Hall–Kier alpha value is -3.42. The van der Waals surface area contributed by atoms with Gasteiger partial charge >= 0.3 is 12.1 Å². The van der Waals surface area contributed by atoms with Crippen molar-refractivity contribution >= 4 is 11.7 Å². The number of aromatic carboxylic acids is 1. The number of rotatable bonds is 5. The minimum atomic E-state index is -4.40. The Bertz CT molecular complexity index is 1070. The van der Waals surface area contributed by atoms with Crippen molar-refractivity contribution in [2.75, 3.05) is 0 Å². The highest BCUT2D eigenvalue weighted by atomic mass is 19.4. The molecule has 5 nitrogen and oxygen atoms in total. The summed E-state index contributed by atoms with van der Waals surface area (Å²) in [5.74, 6) is -1.02. The predicted molar refractivity (Wildman–Crippen MR) is 102 cm³/mol. The normalized spacial score (nSPS) is 11.9. The van der Waals surface area contributed by atoms with E-state index in [9.17, 15) is 18.0 Å². The van der Waals surface area contributed by atoms with Crippen molar-refractivity contribution in [3.8, 4) is 5.69 Å². The van der Waals surface area contributed by atoms with E-state index in [2.05, 4.69) is 10.2 Å². The molecule has 2 aromatic carbocycles. The molecule has 1 N–H and O–H groups in total. The number of benzene rings is 2. The average Bonchev–Trinajstić information content (AvgIpc) is 2.95. The zero-order valence-corrected chi connectivity index (χ0v) is 15.7. The Kier molecular flexibility index (Phi) is 5.54. The molecule has 150 valence electrons. The quantitative estimate of drug-likeness (QED) is 0.525. The van der Waals surface area contributed by atoms with Crippen LogP contribution in [0, 0.1) is 13.8 Å². The number of hydrogen-bond acceptors (Lipinski definition) is 3. The largest absolute Gasteiger partial charge is 0.478 e. The molecule has 0 saturated heterocycles. The molecule has 0 aliphatic rings. The Morgan fingerprint density at radius 1 is 1.07 bits per heavy atom. The van der Waals surface area contributed by atoms with E-state index in [0.29, 0.717) is 11.4 Å². The summed E-state index contributed by atoms with van der Waals surface area (Å²) in [6.45, 7) is 3.89. The fourth-order valence-corrected chi connectivity index (χ4v) is 3.07. The van der Waals surface area contributed by atoms with Crippen LogP contribution in [0.5, 0.6) is 0 Å². The number of aromatic nitrogens is 1. The Labute approximate surface area is 165 Å². The molecule has 0 fully saturated rings. The molecule has 1 heterocycles. The molecule has 0 unspecified atom stereocenters. The minimum Gasteiger partial charge on any atom is -0.478 e. The lowest BCUT2D eigenvalue weighted by molar-refractivity contribution is -0.137. The topological polar surface area (TPSA) is 66.9 Å². The zero-order chi connectivity index (χ0) is 21.2. The molecular weight excluding hydrogens is 383 g/mol. The number of halogens is 3. The van der Waals surface area contributed by atoms with E-state index in [0.717, 1.165) is 29.1 Å². The lowest BCUT2D eigenvalue weighted by Gasteiger charge is -2.13. The van der Waals surface area contributed by atoms with Gasteiger partial charge in [0.2, 0.25) is 0 Å². The molecule has 1 aromatic heterocycles. The van der Waals surface area contributed by atoms with E-state index in [1.165, 1.54) is 18.2 Å². The predicted octanol–water partition coefficient (Wildman–Crippen LogP) is 6.10. The second kappa shape index (κ2) is 7.90. The molecule has 29 heavy (non-hydrogen) atoms. The van der Waals surface area contributed by atoms with E-state index < -0.39 is 17.7 Å². The summed E-state index contributed by atoms with van der Waals surface area (Å²) in [5, 5.41) is 17.1. The summed E-state index contributed by atoms with van der Waals surface area (Å²) in [5.41, 5.74) is 2.82. The van der Waals surface area contributed by atoms with Gasteiger partial charge in [0.25, 0.3) is 0 Å². The number of carboxylic acid groups (broad SMARTS) is 1. The maximum absolute atomic E-state index is 13.0. The number of aryl methyl sites for hydroxylation is 1. The van der Waals surface area contributed by atoms with E-state index in [1.807, 2.05) is 19.9 Å². The summed E-state index contributed by atoms with van der Waals surface area (Å²) in [6.07, 6.45) is -4.40. The third kappa shape index (κ3) is 4.53. The second-order valence-electron chi connectivity index (χ2n) is 6.53. The van der Waals surface area contributed by atoms with Crippen molar-refractivity contribution in [3.63, 3.8) is 0 Å². The molecule has 3 aromatic rings. The molecule has 0 bridgehead atoms. The summed E-state index contributed by atoms with van der Waals surface area (Å²) in [6, 6.07) is 13.0. The van der Waals surface area contributed by atoms with Gasteiger partial charge in [-0.1, -0.05) is 6.07 Å². The van der Waals surface area contributed by atoms with Crippen LogP contribution in [0.3, 0.4) is 0 Å². The van der Waals surface area contributed by atoms with Gasteiger partial charge in [-0.3, -0.25) is 0 Å². The van der Waals surface area contributed by atoms with Crippen molar-refractivity contribution in [2.24, 2.45) is 10.2 Å². The molecule has 0 saturated carbocycles. The van der Waals surface area contributed by atoms with Crippen molar-refractivity contribution in [3.05, 3.63) is 82.7 Å². The highest BCUT2D eigenvalue weighted by Crippen LogP contribution is 2.31. The third-order valence-corrected chi connectivity index (χ3v) is 4.51. The summed E-state index contributed by atoms with van der Waals surface area (Å²) >= 11 is 0. The first-order valence-corrected chi connectivity index (χ1v) is 8.73. The van der Waals surface area contributed by atoms with E-state index in [1.54, 1.807) is 22.8 Å². The number of carbonyl (C=O) groups is 1. The number of carboxylic acids is 1. The van der Waals surface area contributed by atoms with Crippen LogP contribution < -0.4 is 0 Å². The highest BCUT2D eigenvalue weighted by molar-refractivity contribution is 5.87. The molecule has 0 radical (unpaired) electrons. The first-order chi connectivity index (χ1) is 13.7. The Morgan fingerprint density at radius 2 is 1.76 bits per heavy atom. The number of nitrogens with zero attached hydrogens (tertiary/aromatic N) is 3. The van der Waals surface area contributed by atoms with Crippen molar-refractivity contribution < 1.29 is 23.1 Å². The Balaban J connectivity index is 1.82. The molecule has 0 aliphatic carbocycles. The SMILES string of the molecule is Cc1cc(CN=Nc2ccc(C(=O)O)cc2)c(C)n1-c1cccc(C(F)(F)F)c1. The zero-order valence-electron chi connectivity index (χ0n) is 15.7. The molecular formula is C21H18F3N3O2. The molecule has 0 spiro atoms. The average molecular weight is 401 g/mol. The first kappa shape index (κ1) is 20.3. The van der Waals surface area contributed by atoms with Crippen LogP contribution in [0.1, 0.15) is 32.9 Å². The summed E-state index contributed by atoms with van der Waals surface area (Å²) < 4.78 is 40.8. The van der Waals surface area contributed by atoms with E-state index in [-0.39, 0.29) is 12.1 Å². The van der Waals surface area contributed by atoms with Crippen LogP contribution in [0.4, 0.5) is 18.9 Å². The van der Waals surface area contributed by atoms with Gasteiger partial charge in [0.15, 0.2) is 0 Å². The van der Waals surface area contributed by atoms with Gasteiger partial charge in [-0.25, -0.2) is 4.79 Å². The maximum atomic E-state index is 13.0. The molecule has 8 heteroatoms. The van der Waals surface area contributed by atoms with Crippen LogP contribution in [0.25, 0.3) is 5.69 Å². The number of azo groups is 1. The van der Waals surface area contributed by atoms with Crippen LogP contribution in [-0.2, 0) is 12.7 Å². The van der Waals surface area contributed by atoms with Gasteiger partial charge in [0.1, 0.15) is 0 Å². The van der Waals surface area contributed by atoms with Crippen molar-refractivity contribution in [1.82, 2.24) is 4.57 Å². The fourth-order valence-electron chi connectivity index (χ4n) is 3.07. The van der Waals surface area contributed by atoms with Gasteiger partial charge in [-0.2, -0.15) is 23.4 Å². The number of hydrogen-bond donors (Lipinski definition) is 1. The number of alkyl halides is 3. The molecule has 0 amide bonds. The minimum absolute atomic E-state index is 0.161. The van der Waals surface area contributed by atoms with Crippen LogP contribution in [-0.4, -0.2) is 15.6 Å². The lowest BCUT2D eigenvalue weighted by Crippen LogP contribution is -2.07. The molecule has 0 aliphatic heterocycles. The van der Waals surface area contributed by atoms with Crippen LogP contribution in [0.15, 0.2) is 64.8 Å². The maximum Gasteiger partial charge on any atom is 0.416 e. The summed E-state index contributed by atoms with van der Waals surface area (Å²) in [4.78, 5) is 10.9.